The first kappa shape index (κ1) is 13.5. The van der Waals surface area contributed by atoms with E-state index in [4.69, 9.17) is 4.74 Å². The van der Waals surface area contributed by atoms with E-state index < -0.39 is 11.5 Å². The van der Waals surface area contributed by atoms with E-state index >= 15 is 0 Å². The summed E-state index contributed by atoms with van der Waals surface area (Å²) in [7, 11) is 3.54. The minimum absolute atomic E-state index is 0.209. The van der Waals surface area contributed by atoms with Gasteiger partial charge in [0.25, 0.3) is 0 Å². The van der Waals surface area contributed by atoms with Crippen LogP contribution in [0.2, 0.25) is 0 Å². The van der Waals surface area contributed by atoms with Crippen molar-refractivity contribution < 1.29 is 14.6 Å². The van der Waals surface area contributed by atoms with Crippen molar-refractivity contribution in [3.63, 3.8) is 0 Å². The monoisotopic (exact) mass is 229 g/mol. The number of carboxylic acids is 1. The number of likely N-dealkylation sites (N-methyl/N-ethyl adjacent to an activating group) is 1. The van der Waals surface area contributed by atoms with Gasteiger partial charge in [-0.15, -0.1) is 0 Å². The van der Waals surface area contributed by atoms with Gasteiger partial charge in [0.15, 0.2) is 0 Å². The Morgan fingerprint density at radius 1 is 1.56 bits per heavy atom. The van der Waals surface area contributed by atoms with Crippen LogP contribution in [0.5, 0.6) is 0 Å². The molecule has 1 N–H and O–H groups in total. The number of nitrogens with zero attached hydrogens (tertiary/aromatic N) is 1. The lowest BCUT2D eigenvalue weighted by atomic mass is 9.72. The molecule has 0 aromatic carbocycles. The summed E-state index contributed by atoms with van der Waals surface area (Å²) in [4.78, 5) is 13.6. The van der Waals surface area contributed by atoms with Crippen LogP contribution in [-0.2, 0) is 9.53 Å². The van der Waals surface area contributed by atoms with E-state index in [1.807, 2.05) is 11.9 Å². The second-order valence-electron chi connectivity index (χ2n) is 4.79. The molecule has 4 nitrogen and oxygen atoms in total. The summed E-state index contributed by atoms with van der Waals surface area (Å²) in [6, 6.07) is 0. The second kappa shape index (κ2) is 5.64. The Kier molecular flexibility index (Phi) is 4.74. The Bertz CT molecular complexity index is 244. The fraction of sp³-hybridized carbons (Fsp3) is 0.917. The average molecular weight is 229 g/mol. The number of aliphatic carboxylic acids is 1. The standard InChI is InChI=1S/C12H23NO3/c1-10-6-4-5-7-12(10,11(14)15)13(2)8-9-16-3/h10H,4-9H2,1-3H3,(H,14,15). The highest BCUT2D eigenvalue weighted by molar-refractivity contribution is 5.79. The third-order valence-corrected chi connectivity index (χ3v) is 3.94. The summed E-state index contributed by atoms with van der Waals surface area (Å²) in [5.41, 5.74) is -0.684. The van der Waals surface area contributed by atoms with Crippen molar-refractivity contribution >= 4 is 5.97 Å². The molecule has 1 saturated carbocycles. The zero-order valence-corrected chi connectivity index (χ0v) is 10.5. The quantitative estimate of drug-likeness (QED) is 0.778. The van der Waals surface area contributed by atoms with Crippen LogP contribution in [0.25, 0.3) is 0 Å². The maximum atomic E-state index is 11.6. The molecule has 0 aromatic heterocycles. The minimum atomic E-state index is -0.684. The maximum absolute atomic E-state index is 11.6. The number of rotatable bonds is 5. The van der Waals surface area contributed by atoms with Gasteiger partial charge in [0.1, 0.15) is 5.54 Å². The number of carboxylic acid groups (broad SMARTS) is 1. The van der Waals surface area contributed by atoms with E-state index in [1.54, 1.807) is 7.11 Å². The molecule has 94 valence electrons. The summed E-state index contributed by atoms with van der Waals surface area (Å²) in [6.07, 6.45) is 3.91. The molecule has 2 atom stereocenters. The van der Waals surface area contributed by atoms with Crippen LogP contribution < -0.4 is 0 Å². The van der Waals surface area contributed by atoms with Gasteiger partial charge in [-0.2, -0.15) is 0 Å². The molecular formula is C12H23NO3. The molecule has 0 bridgehead atoms. The molecule has 0 heterocycles. The van der Waals surface area contributed by atoms with E-state index in [2.05, 4.69) is 6.92 Å². The Labute approximate surface area is 97.6 Å². The number of methoxy groups -OCH3 is 1. The van der Waals surface area contributed by atoms with Crippen molar-refractivity contribution in [2.75, 3.05) is 27.3 Å². The lowest BCUT2D eigenvalue weighted by Gasteiger charge is -2.45. The third-order valence-electron chi connectivity index (χ3n) is 3.94. The molecule has 0 aliphatic heterocycles. The highest BCUT2D eigenvalue weighted by atomic mass is 16.5. The van der Waals surface area contributed by atoms with Crippen LogP contribution in [0, 0.1) is 5.92 Å². The number of ether oxygens (including phenoxy) is 1. The van der Waals surface area contributed by atoms with Crippen LogP contribution >= 0.6 is 0 Å². The van der Waals surface area contributed by atoms with Gasteiger partial charge in [-0.05, 0) is 25.8 Å². The van der Waals surface area contributed by atoms with Gasteiger partial charge in [0, 0.05) is 13.7 Å². The van der Waals surface area contributed by atoms with E-state index in [0.29, 0.717) is 13.2 Å². The predicted octanol–water partition coefficient (Wildman–Crippen LogP) is 1.60. The molecule has 0 saturated heterocycles. The molecule has 2 unspecified atom stereocenters. The maximum Gasteiger partial charge on any atom is 0.324 e. The molecular weight excluding hydrogens is 206 g/mol. The molecule has 4 heteroatoms. The first-order valence-electron chi connectivity index (χ1n) is 5.99. The van der Waals surface area contributed by atoms with Gasteiger partial charge < -0.3 is 9.84 Å². The lowest BCUT2D eigenvalue weighted by Crippen LogP contribution is -2.59. The van der Waals surface area contributed by atoms with Gasteiger partial charge in [-0.3, -0.25) is 9.69 Å². The van der Waals surface area contributed by atoms with Gasteiger partial charge in [-0.25, -0.2) is 0 Å². The smallest absolute Gasteiger partial charge is 0.324 e. The highest BCUT2D eigenvalue weighted by Crippen LogP contribution is 2.37. The van der Waals surface area contributed by atoms with E-state index in [0.717, 1.165) is 25.7 Å². The SMILES string of the molecule is COCCN(C)C1(C(=O)O)CCCCC1C. The van der Waals surface area contributed by atoms with Gasteiger partial charge in [0.2, 0.25) is 0 Å². The fourth-order valence-electron chi connectivity index (χ4n) is 2.81. The minimum Gasteiger partial charge on any atom is -0.480 e. The topological polar surface area (TPSA) is 49.8 Å². The van der Waals surface area contributed by atoms with Crippen LogP contribution in [0.4, 0.5) is 0 Å². The zero-order valence-electron chi connectivity index (χ0n) is 10.5. The first-order chi connectivity index (χ1) is 7.55. The van der Waals surface area contributed by atoms with E-state index in [-0.39, 0.29) is 5.92 Å². The largest absolute Gasteiger partial charge is 0.480 e. The molecule has 0 spiro atoms. The molecule has 1 fully saturated rings. The molecule has 0 radical (unpaired) electrons. The van der Waals surface area contributed by atoms with E-state index in [1.165, 1.54) is 0 Å². The molecule has 16 heavy (non-hydrogen) atoms. The van der Waals surface area contributed by atoms with Crippen molar-refractivity contribution in [3.05, 3.63) is 0 Å². The Morgan fingerprint density at radius 2 is 2.25 bits per heavy atom. The molecule has 0 amide bonds. The average Bonchev–Trinajstić information content (AvgIpc) is 2.26. The molecule has 0 aromatic rings. The molecule has 1 aliphatic rings. The fourth-order valence-corrected chi connectivity index (χ4v) is 2.81. The van der Waals surface area contributed by atoms with Crippen molar-refractivity contribution in [2.45, 2.75) is 38.1 Å². The highest BCUT2D eigenvalue weighted by Gasteiger charge is 2.48. The van der Waals surface area contributed by atoms with E-state index in [9.17, 15) is 9.90 Å². The lowest BCUT2D eigenvalue weighted by molar-refractivity contribution is -0.157. The predicted molar refractivity (Wildman–Crippen MR) is 62.5 cm³/mol. The second-order valence-corrected chi connectivity index (χ2v) is 4.79. The van der Waals surface area contributed by atoms with Gasteiger partial charge in [-0.1, -0.05) is 19.8 Å². The first-order valence-corrected chi connectivity index (χ1v) is 5.99. The van der Waals surface area contributed by atoms with Crippen molar-refractivity contribution in [2.24, 2.45) is 5.92 Å². The summed E-state index contributed by atoms with van der Waals surface area (Å²) < 4.78 is 5.03. The molecule has 1 rings (SSSR count). The van der Waals surface area contributed by atoms with Crippen LogP contribution in [0.3, 0.4) is 0 Å². The Balaban J connectivity index is 2.81. The van der Waals surface area contributed by atoms with Gasteiger partial charge >= 0.3 is 5.97 Å². The summed E-state index contributed by atoms with van der Waals surface area (Å²) in [5.74, 6) is -0.473. The Hall–Kier alpha value is -0.610. The number of hydrogen-bond donors (Lipinski definition) is 1. The summed E-state index contributed by atoms with van der Waals surface area (Å²) in [5, 5.41) is 9.55. The third kappa shape index (κ3) is 2.38. The van der Waals surface area contributed by atoms with Crippen LogP contribution in [0.1, 0.15) is 32.6 Å². The Morgan fingerprint density at radius 3 is 2.75 bits per heavy atom. The zero-order chi connectivity index (χ0) is 12.2. The van der Waals surface area contributed by atoms with Crippen molar-refractivity contribution in [1.82, 2.24) is 4.90 Å². The number of carbonyl (C=O) groups is 1. The van der Waals surface area contributed by atoms with Crippen LogP contribution in [0.15, 0.2) is 0 Å². The van der Waals surface area contributed by atoms with Crippen molar-refractivity contribution in [1.29, 1.82) is 0 Å². The van der Waals surface area contributed by atoms with Crippen molar-refractivity contribution in [3.8, 4) is 0 Å². The summed E-state index contributed by atoms with van der Waals surface area (Å²) >= 11 is 0. The normalized spacial score (nSPS) is 30.6. The van der Waals surface area contributed by atoms with Crippen LogP contribution in [-0.4, -0.2) is 48.8 Å². The number of hydrogen-bond acceptors (Lipinski definition) is 3. The molecule has 1 aliphatic carbocycles. The summed E-state index contributed by atoms with van der Waals surface area (Å²) in [6.45, 7) is 3.31. The van der Waals surface area contributed by atoms with Gasteiger partial charge in [0.05, 0.1) is 6.61 Å².